The third-order valence-corrected chi connectivity index (χ3v) is 5.81. The van der Waals surface area contributed by atoms with Crippen LogP contribution in [0.4, 0.5) is 0 Å². The van der Waals surface area contributed by atoms with E-state index in [0.29, 0.717) is 18.7 Å². The molecular formula is C19H23N5O2S. The van der Waals surface area contributed by atoms with E-state index in [0.717, 1.165) is 24.0 Å². The SMILES string of the molecule is CS(=O)(=O)N[C@H]1CN(Cc2[nH]nc3ncccc23)CC[C@H]1c1ccccc1. The third kappa shape index (κ3) is 4.18. The van der Waals surface area contributed by atoms with Gasteiger partial charge in [0, 0.05) is 36.6 Å². The van der Waals surface area contributed by atoms with Gasteiger partial charge in [0.25, 0.3) is 0 Å². The van der Waals surface area contributed by atoms with Crippen LogP contribution in [0.1, 0.15) is 23.6 Å². The zero-order chi connectivity index (χ0) is 18.9. The predicted molar refractivity (Wildman–Crippen MR) is 105 cm³/mol. The van der Waals surface area contributed by atoms with Crippen LogP contribution >= 0.6 is 0 Å². The van der Waals surface area contributed by atoms with Gasteiger partial charge in [-0.15, -0.1) is 0 Å². The number of hydrogen-bond acceptors (Lipinski definition) is 5. The number of aromatic amines is 1. The number of benzene rings is 1. The number of rotatable bonds is 5. The monoisotopic (exact) mass is 385 g/mol. The van der Waals surface area contributed by atoms with Crippen molar-refractivity contribution in [3.8, 4) is 0 Å². The van der Waals surface area contributed by atoms with Crippen LogP contribution in [-0.4, -0.2) is 53.9 Å². The molecule has 4 rings (SSSR count). The molecule has 7 nitrogen and oxygen atoms in total. The number of likely N-dealkylation sites (tertiary alicyclic amines) is 1. The fraction of sp³-hybridized carbons (Fsp3) is 0.368. The van der Waals surface area contributed by atoms with E-state index in [1.54, 1.807) is 6.20 Å². The van der Waals surface area contributed by atoms with Crippen molar-refractivity contribution < 1.29 is 8.42 Å². The van der Waals surface area contributed by atoms with Gasteiger partial charge in [-0.1, -0.05) is 30.3 Å². The fourth-order valence-electron chi connectivity index (χ4n) is 3.90. The molecule has 3 heterocycles. The predicted octanol–water partition coefficient (Wildman–Crippen LogP) is 1.87. The van der Waals surface area contributed by atoms with Crippen molar-refractivity contribution in [3.63, 3.8) is 0 Å². The summed E-state index contributed by atoms with van der Waals surface area (Å²) < 4.78 is 26.7. The van der Waals surface area contributed by atoms with E-state index in [4.69, 9.17) is 0 Å². The quantitative estimate of drug-likeness (QED) is 0.700. The van der Waals surface area contributed by atoms with Gasteiger partial charge in [-0.05, 0) is 30.7 Å². The van der Waals surface area contributed by atoms with Crippen LogP contribution in [0.2, 0.25) is 0 Å². The summed E-state index contributed by atoms with van der Waals surface area (Å²) in [6.07, 6.45) is 3.84. The number of H-pyrrole nitrogens is 1. The molecule has 2 aromatic heterocycles. The number of piperidine rings is 1. The number of sulfonamides is 1. The summed E-state index contributed by atoms with van der Waals surface area (Å²) >= 11 is 0. The highest BCUT2D eigenvalue weighted by Crippen LogP contribution is 2.30. The molecule has 27 heavy (non-hydrogen) atoms. The summed E-state index contributed by atoms with van der Waals surface area (Å²) in [6, 6.07) is 13.9. The van der Waals surface area contributed by atoms with Gasteiger partial charge in [-0.2, -0.15) is 5.10 Å². The highest BCUT2D eigenvalue weighted by atomic mass is 32.2. The highest BCUT2D eigenvalue weighted by molar-refractivity contribution is 7.88. The van der Waals surface area contributed by atoms with E-state index in [9.17, 15) is 8.42 Å². The number of hydrogen-bond donors (Lipinski definition) is 2. The van der Waals surface area contributed by atoms with Crippen molar-refractivity contribution in [3.05, 3.63) is 59.9 Å². The Labute approximate surface area is 158 Å². The molecular weight excluding hydrogens is 362 g/mol. The second kappa shape index (κ2) is 7.38. The summed E-state index contributed by atoms with van der Waals surface area (Å²) in [5.74, 6) is 0.164. The van der Waals surface area contributed by atoms with Crippen LogP contribution in [0, 0.1) is 0 Å². The van der Waals surface area contributed by atoms with Crippen molar-refractivity contribution in [1.82, 2.24) is 24.8 Å². The zero-order valence-electron chi connectivity index (χ0n) is 15.2. The van der Waals surface area contributed by atoms with Crippen molar-refractivity contribution in [1.29, 1.82) is 0 Å². The van der Waals surface area contributed by atoms with E-state index in [1.165, 1.54) is 11.8 Å². The summed E-state index contributed by atoms with van der Waals surface area (Å²) in [5.41, 5.74) is 2.89. The van der Waals surface area contributed by atoms with E-state index in [1.807, 2.05) is 30.3 Å². The lowest BCUT2D eigenvalue weighted by atomic mass is 9.86. The Bertz CT molecular complexity index is 1020. The largest absolute Gasteiger partial charge is 0.296 e. The van der Waals surface area contributed by atoms with Gasteiger partial charge in [-0.25, -0.2) is 18.1 Å². The molecule has 0 unspecified atom stereocenters. The van der Waals surface area contributed by atoms with Crippen LogP contribution in [-0.2, 0) is 16.6 Å². The minimum absolute atomic E-state index is 0.163. The van der Waals surface area contributed by atoms with Gasteiger partial charge < -0.3 is 0 Å². The fourth-order valence-corrected chi connectivity index (χ4v) is 4.69. The van der Waals surface area contributed by atoms with Crippen LogP contribution in [0.5, 0.6) is 0 Å². The lowest BCUT2D eigenvalue weighted by Gasteiger charge is -2.38. The normalized spacial score (nSPS) is 21.5. The molecule has 1 aliphatic rings. The number of nitrogens with one attached hydrogen (secondary N) is 2. The van der Waals surface area contributed by atoms with Crippen molar-refractivity contribution >= 4 is 21.1 Å². The molecule has 0 bridgehead atoms. The minimum Gasteiger partial charge on any atom is -0.296 e. The first-order valence-electron chi connectivity index (χ1n) is 9.02. The standard InChI is InChI=1S/C19H23N5O2S/c1-27(25,26)23-18-13-24(11-9-15(18)14-6-3-2-4-7-14)12-17-16-8-5-10-20-19(16)22-21-17/h2-8,10,15,18,23H,9,11-13H2,1H3,(H,20,21,22)/t15-,18-/m0/s1. The molecule has 8 heteroatoms. The Hall–Kier alpha value is -2.29. The van der Waals surface area contributed by atoms with Crippen LogP contribution in [0.15, 0.2) is 48.7 Å². The Morgan fingerprint density at radius 1 is 1.22 bits per heavy atom. The molecule has 0 spiro atoms. The summed E-state index contributed by atoms with van der Waals surface area (Å²) in [5, 5.41) is 8.33. The molecule has 1 aliphatic heterocycles. The lowest BCUT2D eigenvalue weighted by molar-refractivity contribution is 0.175. The number of aromatic nitrogens is 3. The van der Waals surface area contributed by atoms with Gasteiger partial charge in [0.2, 0.25) is 10.0 Å². The van der Waals surface area contributed by atoms with Gasteiger partial charge in [0.15, 0.2) is 5.65 Å². The first-order chi connectivity index (χ1) is 13.0. The molecule has 2 atom stereocenters. The maximum atomic E-state index is 11.9. The van der Waals surface area contributed by atoms with Gasteiger partial charge in [0.05, 0.1) is 11.9 Å². The number of fused-ring (bicyclic) bond motifs is 1. The first kappa shape index (κ1) is 18.1. The maximum Gasteiger partial charge on any atom is 0.209 e. The smallest absolute Gasteiger partial charge is 0.209 e. The van der Waals surface area contributed by atoms with Gasteiger partial charge in [-0.3, -0.25) is 10.00 Å². The van der Waals surface area contributed by atoms with Gasteiger partial charge >= 0.3 is 0 Å². The Morgan fingerprint density at radius 2 is 2.04 bits per heavy atom. The topological polar surface area (TPSA) is 91.0 Å². The molecule has 1 saturated heterocycles. The average Bonchev–Trinajstić information content (AvgIpc) is 3.04. The Morgan fingerprint density at radius 3 is 2.81 bits per heavy atom. The average molecular weight is 385 g/mol. The van der Waals surface area contributed by atoms with Gasteiger partial charge in [0.1, 0.15) is 0 Å². The summed E-state index contributed by atoms with van der Waals surface area (Å²) in [4.78, 5) is 6.52. The lowest BCUT2D eigenvalue weighted by Crippen LogP contribution is -2.51. The molecule has 0 radical (unpaired) electrons. The second-order valence-electron chi connectivity index (χ2n) is 7.11. The molecule has 142 valence electrons. The van der Waals surface area contributed by atoms with Crippen LogP contribution in [0.25, 0.3) is 11.0 Å². The Balaban J connectivity index is 1.55. The second-order valence-corrected chi connectivity index (χ2v) is 8.89. The summed E-state index contributed by atoms with van der Waals surface area (Å²) in [7, 11) is -3.29. The minimum atomic E-state index is -3.29. The molecule has 0 aliphatic carbocycles. The number of pyridine rings is 1. The summed E-state index contributed by atoms with van der Waals surface area (Å²) in [6.45, 7) is 2.22. The highest BCUT2D eigenvalue weighted by Gasteiger charge is 2.32. The maximum absolute atomic E-state index is 11.9. The van der Waals surface area contributed by atoms with Crippen molar-refractivity contribution in [2.45, 2.75) is 24.9 Å². The molecule has 1 aromatic carbocycles. The molecule has 3 aromatic rings. The van der Waals surface area contributed by atoms with Crippen molar-refractivity contribution in [2.75, 3.05) is 19.3 Å². The van der Waals surface area contributed by atoms with Crippen LogP contribution < -0.4 is 4.72 Å². The van der Waals surface area contributed by atoms with Crippen LogP contribution in [0.3, 0.4) is 0 Å². The zero-order valence-corrected chi connectivity index (χ0v) is 16.0. The molecule has 0 saturated carbocycles. The van der Waals surface area contributed by atoms with Crippen molar-refractivity contribution in [2.24, 2.45) is 0 Å². The molecule has 1 fully saturated rings. The first-order valence-corrected chi connectivity index (χ1v) is 10.9. The van der Waals surface area contributed by atoms with E-state index in [2.05, 4.69) is 36.9 Å². The van der Waals surface area contributed by atoms with E-state index in [-0.39, 0.29) is 12.0 Å². The van der Waals surface area contributed by atoms with E-state index < -0.39 is 10.0 Å². The van der Waals surface area contributed by atoms with E-state index >= 15 is 0 Å². The number of nitrogens with zero attached hydrogens (tertiary/aromatic N) is 3. The third-order valence-electron chi connectivity index (χ3n) is 5.08. The Kier molecular flexibility index (Phi) is 4.94. The molecule has 0 amide bonds. The molecule has 2 N–H and O–H groups in total.